The Labute approximate surface area is 142 Å². The smallest absolute Gasteiger partial charge is 0.240 e. The molecule has 2 N–H and O–H groups in total. The van der Waals surface area contributed by atoms with Crippen molar-refractivity contribution in [2.75, 3.05) is 13.2 Å². The molecule has 0 saturated carbocycles. The Hall–Kier alpha value is -2.57. The van der Waals surface area contributed by atoms with Crippen molar-refractivity contribution >= 4 is 5.91 Å². The zero-order valence-electron chi connectivity index (χ0n) is 13.6. The molecule has 2 rings (SSSR count). The first-order valence-corrected chi connectivity index (χ1v) is 8.24. The van der Waals surface area contributed by atoms with Crippen molar-refractivity contribution in [1.29, 1.82) is 10.5 Å². The standard InChI is InChI=1S/C18H22N4O2/c19-12-14-6-8-16(9-7-14)24-11-3-5-17(21)18(23)22-10-2-1-4-15(22)13-20/h6-9,15,17H,1-5,10-11,21H2/t15-,17?/m0/s1. The lowest BCUT2D eigenvalue weighted by Gasteiger charge is -2.33. The number of carbonyl (C=O) groups is 1. The second kappa shape index (κ2) is 8.90. The van der Waals surface area contributed by atoms with Crippen molar-refractivity contribution < 1.29 is 9.53 Å². The molecule has 0 radical (unpaired) electrons. The maximum atomic E-state index is 12.4. The maximum Gasteiger partial charge on any atom is 0.240 e. The highest BCUT2D eigenvalue weighted by molar-refractivity contribution is 5.82. The molecular formula is C18H22N4O2. The third kappa shape index (κ3) is 4.71. The molecule has 6 heteroatoms. The van der Waals surface area contributed by atoms with E-state index in [0.29, 0.717) is 37.3 Å². The second-order valence-electron chi connectivity index (χ2n) is 5.91. The zero-order valence-corrected chi connectivity index (χ0v) is 13.6. The number of nitriles is 2. The molecule has 1 aliphatic rings. The van der Waals surface area contributed by atoms with E-state index >= 15 is 0 Å². The van der Waals surface area contributed by atoms with Crippen LogP contribution in [0.25, 0.3) is 0 Å². The molecule has 0 bridgehead atoms. The van der Waals surface area contributed by atoms with E-state index < -0.39 is 6.04 Å². The molecule has 1 heterocycles. The summed E-state index contributed by atoms with van der Waals surface area (Å²) in [5.74, 6) is 0.550. The average molecular weight is 326 g/mol. The summed E-state index contributed by atoms with van der Waals surface area (Å²) in [7, 11) is 0. The predicted molar refractivity (Wildman–Crippen MR) is 88.8 cm³/mol. The van der Waals surface area contributed by atoms with Gasteiger partial charge in [0.05, 0.1) is 30.4 Å². The molecule has 0 spiro atoms. The van der Waals surface area contributed by atoms with Gasteiger partial charge in [0.2, 0.25) is 5.91 Å². The lowest BCUT2D eigenvalue weighted by atomic mass is 10.0. The molecule has 1 aromatic carbocycles. The van der Waals surface area contributed by atoms with Crippen LogP contribution < -0.4 is 10.5 Å². The van der Waals surface area contributed by atoms with Gasteiger partial charge in [-0.25, -0.2) is 0 Å². The van der Waals surface area contributed by atoms with Crippen molar-refractivity contribution in [3.05, 3.63) is 29.8 Å². The summed E-state index contributed by atoms with van der Waals surface area (Å²) in [4.78, 5) is 14.0. The molecule has 24 heavy (non-hydrogen) atoms. The molecule has 1 fully saturated rings. The number of hydrogen-bond acceptors (Lipinski definition) is 5. The van der Waals surface area contributed by atoms with Crippen LogP contribution in [-0.2, 0) is 4.79 Å². The van der Waals surface area contributed by atoms with Gasteiger partial charge in [-0.2, -0.15) is 10.5 Å². The molecule has 0 aliphatic carbocycles. The monoisotopic (exact) mass is 326 g/mol. The number of likely N-dealkylation sites (tertiary alicyclic amines) is 1. The van der Waals surface area contributed by atoms with Gasteiger partial charge in [-0.15, -0.1) is 0 Å². The van der Waals surface area contributed by atoms with Crippen LogP contribution in [0.1, 0.15) is 37.7 Å². The van der Waals surface area contributed by atoms with Gasteiger partial charge in [-0.05, 0) is 56.4 Å². The molecule has 1 aromatic rings. The number of piperidine rings is 1. The zero-order chi connectivity index (χ0) is 17.4. The van der Waals surface area contributed by atoms with Crippen molar-refractivity contribution in [3.8, 4) is 17.9 Å². The summed E-state index contributed by atoms with van der Waals surface area (Å²) in [6.07, 6.45) is 3.81. The minimum Gasteiger partial charge on any atom is -0.494 e. The van der Waals surface area contributed by atoms with E-state index in [9.17, 15) is 4.79 Å². The van der Waals surface area contributed by atoms with E-state index in [0.717, 1.165) is 19.3 Å². The SMILES string of the molecule is N#Cc1ccc(OCCCC(N)C(=O)N2CCCC[C@H]2C#N)cc1. The Kier molecular flexibility index (Phi) is 6.60. The van der Waals surface area contributed by atoms with Gasteiger partial charge >= 0.3 is 0 Å². The summed E-state index contributed by atoms with van der Waals surface area (Å²) < 4.78 is 5.58. The third-order valence-electron chi connectivity index (χ3n) is 4.16. The van der Waals surface area contributed by atoms with Crippen LogP contribution in [0.4, 0.5) is 0 Å². The van der Waals surface area contributed by atoms with E-state index in [2.05, 4.69) is 12.1 Å². The number of nitrogens with zero attached hydrogens (tertiary/aromatic N) is 3. The molecule has 126 valence electrons. The number of carbonyl (C=O) groups excluding carboxylic acids is 1. The third-order valence-corrected chi connectivity index (χ3v) is 4.16. The number of hydrogen-bond donors (Lipinski definition) is 1. The van der Waals surface area contributed by atoms with E-state index in [1.54, 1.807) is 29.2 Å². The van der Waals surface area contributed by atoms with Crippen LogP contribution in [0.5, 0.6) is 5.75 Å². The summed E-state index contributed by atoms with van der Waals surface area (Å²) in [6, 6.07) is 10.2. The first-order chi connectivity index (χ1) is 11.7. The van der Waals surface area contributed by atoms with Gasteiger partial charge in [-0.3, -0.25) is 4.79 Å². The van der Waals surface area contributed by atoms with Gasteiger partial charge < -0.3 is 15.4 Å². The molecule has 1 saturated heterocycles. The molecule has 2 atom stereocenters. The van der Waals surface area contributed by atoms with Gasteiger partial charge in [0.1, 0.15) is 11.8 Å². The molecule has 0 aromatic heterocycles. The van der Waals surface area contributed by atoms with E-state index in [1.165, 1.54) is 0 Å². The quantitative estimate of drug-likeness (QED) is 0.805. The van der Waals surface area contributed by atoms with Crippen molar-refractivity contribution in [2.24, 2.45) is 5.73 Å². The fourth-order valence-corrected chi connectivity index (χ4v) is 2.78. The summed E-state index contributed by atoms with van der Waals surface area (Å²) in [5.41, 5.74) is 6.58. The van der Waals surface area contributed by atoms with Crippen LogP contribution in [0.15, 0.2) is 24.3 Å². The Morgan fingerprint density at radius 2 is 2.08 bits per heavy atom. The second-order valence-corrected chi connectivity index (χ2v) is 5.91. The number of ether oxygens (including phenoxy) is 1. The van der Waals surface area contributed by atoms with Gasteiger partial charge in [0.15, 0.2) is 0 Å². The van der Waals surface area contributed by atoms with Crippen LogP contribution in [-0.4, -0.2) is 36.0 Å². The first kappa shape index (κ1) is 17.8. The fourth-order valence-electron chi connectivity index (χ4n) is 2.78. The Morgan fingerprint density at radius 1 is 1.33 bits per heavy atom. The highest BCUT2D eigenvalue weighted by atomic mass is 16.5. The van der Waals surface area contributed by atoms with Crippen LogP contribution in [0, 0.1) is 22.7 Å². The normalized spacial score (nSPS) is 18.3. The number of nitrogens with two attached hydrogens (primary N) is 1. The van der Waals surface area contributed by atoms with Crippen molar-refractivity contribution in [1.82, 2.24) is 4.90 Å². The van der Waals surface area contributed by atoms with Gasteiger partial charge in [0, 0.05) is 6.54 Å². The minimum absolute atomic E-state index is 0.139. The topological polar surface area (TPSA) is 103 Å². The number of rotatable bonds is 6. The largest absolute Gasteiger partial charge is 0.494 e. The Bertz CT molecular complexity index is 630. The van der Waals surface area contributed by atoms with Gasteiger partial charge in [-0.1, -0.05) is 0 Å². The Balaban J connectivity index is 1.74. The van der Waals surface area contributed by atoms with Crippen LogP contribution in [0.2, 0.25) is 0 Å². The van der Waals surface area contributed by atoms with E-state index in [1.807, 2.05) is 0 Å². The predicted octanol–water partition coefficient (Wildman–Crippen LogP) is 1.95. The van der Waals surface area contributed by atoms with Crippen LogP contribution in [0.3, 0.4) is 0 Å². The molecular weight excluding hydrogens is 304 g/mol. The molecule has 1 aliphatic heterocycles. The van der Waals surface area contributed by atoms with Crippen LogP contribution >= 0.6 is 0 Å². The van der Waals surface area contributed by atoms with Gasteiger partial charge in [0.25, 0.3) is 0 Å². The summed E-state index contributed by atoms with van der Waals surface area (Å²) in [5, 5.41) is 17.9. The lowest BCUT2D eigenvalue weighted by Crippen LogP contribution is -2.50. The van der Waals surface area contributed by atoms with E-state index in [4.69, 9.17) is 21.0 Å². The van der Waals surface area contributed by atoms with Crippen molar-refractivity contribution in [3.63, 3.8) is 0 Å². The van der Waals surface area contributed by atoms with Crippen molar-refractivity contribution in [2.45, 2.75) is 44.2 Å². The minimum atomic E-state index is -0.594. The molecule has 1 amide bonds. The first-order valence-electron chi connectivity index (χ1n) is 8.24. The summed E-state index contributed by atoms with van der Waals surface area (Å²) in [6.45, 7) is 1.07. The molecule has 6 nitrogen and oxygen atoms in total. The number of benzene rings is 1. The molecule has 1 unspecified atom stereocenters. The average Bonchev–Trinajstić information content (AvgIpc) is 2.64. The maximum absolute atomic E-state index is 12.4. The highest BCUT2D eigenvalue weighted by Gasteiger charge is 2.29. The van der Waals surface area contributed by atoms with E-state index in [-0.39, 0.29) is 11.9 Å². The Morgan fingerprint density at radius 3 is 2.75 bits per heavy atom. The highest BCUT2D eigenvalue weighted by Crippen LogP contribution is 2.18. The lowest BCUT2D eigenvalue weighted by molar-refractivity contribution is -0.135. The summed E-state index contributed by atoms with van der Waals surface area (Å²) >= 11 is 0. The number of amides is 1. The fraction of sp³-hybridized carbons (Fsp3) is 0.500.